The number of allylic oxidation sites excluding steroid dienone is 2. The second kappa shape index (κ2) is 11.7. The summed E-state index contributed by atoms with van der Waals surface area (Å²) in [6, 6.07) is 7.05. The Morgan fingerprint density at radius 2 is 1.91 bits per heavy atom. The van der Waals surface area contributed by atoms with Crippen molar-refractivity contribution < 1.29 is 22.7 Å². The number of H-pyrrole nitrogens is 1. The van der Waals surface area contributed by atoms with E-state index in [0.717, 1.165) is 22.7 Å². The molecule has 0 spiro atoms. The van der Waals surface area contributed by atoms with Gasteiger partial charge in [-0.15, -0.1) is 0 Å². The highest BCUT2D eigenvalue weighted by atomic mass is 35.5. The van der Waals surface area contributed by atoms with Crippen LogP contribution in [0.2, 0.25) is 0 Å². The smallest absolute Gasteiger partial charge is 0.433 e. The summed E-state index contributed by atoms with van der Waals surface area (Å²) in [5.41, 5.74) is 0.578. The Bertz CT molecular complexity index is 1200. The number of benzene rings is 1. The number of imidazole rings is 1. The van der Waals surface area contributed by atoms with Crippen molar-refractivity contribution in [3.8, 4) is 5.75 Å². The van der Waals surface area contributed by atoms with Crippen molar-refractivity contribution in [2.75, 3.05) is 7.11 Å². The van der Waals surface area contributed by atoms with Gasteiger partial charge < -0.3 is 15.0 Å². The topological polar surface area (TPSA) is 79.9 Å². The standard InChI is InChI=1S/C20H19F3N4O2.C4H7Cl/c1-11(7-10-17-26-14-5-4-6-15(29-3)18(14)27-17)24-19(28)13-8-9-16(20(21,22)23)25-12(13)2;1-3-4(2)5/h4-11H,1-3H3,(H,24,28)(H,26,27);3H,1-2H3/b10-7+;4-3+. The molecule has 0 saturated carbocycles. The summed E-state index contributed by atoms with van der Waals surface area (Å²) in [5.74, 6) is 0.718. The van der Waals surface area contributed by atoms with E-state index in [1.807, 2.05) is 32.1 Å². The maximum absolute atomic E-state index is 12.7. The van der Waals surface area contributed by atoms with Gasteiger partial charge in [-0.05, 0) is 58.0 Å². The van der Waals surface area contributed by atoms with E-state index in [1.165, 1.54) is 6.92 Å². The van der Waals surface area contributed by atoms with Crippen LogP contribution in [0.3, 0.4) is 0 Å². The van der Waals surface area contributed by atoms with E-state index in [4.69, 9.17) is 16.3 Å². The molecule has 1 unspecified atom stereocenters. The van der Waals surface area contributed by atoms with Crippen LogP contribution in [0.5, 0.6) is 5.75 Å². The summed E-state index contributed by atoms with van der Waals surface area (Å²) in [6.07, 6.45) is 0.726. The maximum Gasteiger partial charge on any atom is 0.433 e. The van der Waals surface area contributed by atoms with Gasteiger partial charge in [0.15, 0.2) is 0 Å². The van der Waals surface area contributed by atoms with Crippen LogP contribution in [0.4, 0.5) is 13.2 Å². The molecule has 10 heteroatoms. The van der Waals surface area contributed by atoms with Gasteiger partial charge in [-0.1, -0.05) is 29.8 Å². The number of carbonyl (C=O) groups excluding carboxylic acids is 1. The van der Waals surface area contributed by atoms with Crippen molar-refractivity contribution in [2.24, 2.45) is 0 Å². The molecular weight excluding hydrogens is 469 g/mol. The van der Waals surface area contributed by atoms with E-state index in [2.05, 4.69) is 20.3 Å². The third kappa shape index (κ3) is 7.34. The van der Waals surface area contributed by atoms with Gasteiger partial charge in [-0.2, -0.15) is 13.2 Å². The average Bonchev–Trinajstić information content (AvgIpc) is 3.20. The van der Waals surface area contributed by atoms with Crippen LogP contribution in [0, 0.1) is 6.92 Å². The number of para-hydroxylation sites is 1. The number of amides is 1. The lowest BCUT2D eigenvalue weighted by Gasteiger charge is -2.12. The van der Waals surface area contributed by atoms with Crippen molar-refractivity contribution >= 4 is 34.6 Å². The van der Waals surface area contributed by atoms with Crippen molar-refractivity contribution in [1.29, 1.82) is 0 Å². The Morgan fingerprint density at radius 3 is 2.47 bits per heavy atom. The molecule has 2 heterocycles. The molecule has 0 saturated heterocycles. The van der Waals surface area contributed by atoms with Crippen molar-refractivity contribution in [2.45, 2.75) is 39.9 Å². The zero-order valence-corrected chi connectivity index (χ0v) is 20.2. The van der Waals surface area contributed by atoms with Crippen molar-refractivity contribution in [3.63, 3.8) is 0 Å². The summed E-state index contributed by atoms with van der Waals surface area (Å²) < 4.78 is 43.4. The minimum atomic E-state index is -4.55. The van der Waals surface area contributed by atoms with Crippen LogP contribution in [0.15, 0.2) is 47.5 Å². The van der Waals surface area contributed by atoms with Crippen LogP contribution in [0.1, 0.15) is 48.3 Å². The Balaban J connectivity index is 0.000000739. The molecule has 3 aromatic rings. The van der Waals surface area contributed by atoms with Gasteiger partial charge in [-0.25, -0.2) is 9.97 Å². The van der Waals surface area contributed by atoms with Crippen LogP contribution < -0.4 is 10.1 Å². The second-order valence-corrected chi connectivity index (χ2v) is 7.90. The van der Waals surface area contributed by atoms with Gasteiger partial charge >= 0.3 is 6.18 Å². The number of aromatic nitrogens is 3. The van der Waals surface area contributed by atoms with Gasteiger partial charge in [0, 0.05) is 11.1 Å². The van der Waals surface area contributed by atoms with E-state index < -0.39 is 17.8 Å². The predicted octanol–water partition coefficient (Wildman–Crippen LogP) is 6.27. The van der Waals surface area contributed by atoms with Gasteiger partial charge in [0.05, 0.1) is 23.9 Å². The molecule has 0 fully saturated rings. The lowest BCUT2D eigenvalue weighted by atomic mass is 10.1. The highest BCUT2D eigenvalue weighted by Gasteiger charge is 2.33. The zero-order chi connectivity index (χ0) is 25.5. The summed E-state index contributed by atoms with van der Waals surface area (Å²) >= 11 is 5.32. The predicted molar refractivity (Wildman–Crippen MR) is 128 cm³/mol. The minimum Gasteiger partial charge on any atom is -0.494 e. The summed E-state index contributed by atoms with van der Waals surface area (Å²) in [7, 11) is 1.56. The third-order valence-corrected chi connectivity index (χ3v) is 4.85. The fourth-order valence-corrected chi connectivity index (χ4v) is 2.80. The number of ether oxygens (including phenoxy) is 1. The fraction of sp³-hybridized carbons (Fsp3) is 0.292. The number of nitrogens with zero attached hydrogens (tertiary/aromatic N) is 2. The number of fused-ring (bicyclic) bond motifs is 1. The van der Waals surface area contributed by atoms with Crippen LogP contribution in [-0.2, 0) is 6.18 Å². The van der Waals surface area contributed by atoms with Gasteiger partial charge in [0.25, 0.3) is 5.91 Å². The molecule has 34 heavy (non-hydrogen) atoms. The average molecular weight is 495 g/mol. The quantitative estimate of drug-likeness (QED) is 0.438. The molecule has 2 aromatic heterocycles. The van der Waals surface area contributed by atoms with E-state index in [1.54, 1.807) is 32.3 Å². The van der Waals surface area contributed by atoms with E-state index in [-0.39, 0.29) is 17.3 Å². The Hall–Kier alpha value is -3.33. The minimum absolute atomic E-state index is 0.0119. The number of aromatic amines is 1. The first-order valence-electron chi connectivity index (χ1n) is 10.3. The summed E-state index contributed by atoms with van der Waals surface area (Å²) in [4.78, 5) is 23.4. The SMILES string of the molecule is C/C=C(\C)Cl.COc1cccc2[nH]c(/C=C/C(C)NC(=O)c3ccc(C(F)(F)F)nc3C)nc12. The monoisotopic (exact) mass is 494 g/mol. The summed E-state index contributed by atoms with van der Waals surface area (Å²) in [6.45, 7) is 6.86. The number of methoxy groups -OCH3 is 1. The molecule has 2 N–H and O–H groups in total. The molecular formula is C24H26ClF3N4O2. The second-order valence-electron chi connectivity index (χ2n) is 7.30. The number of pyridine rings is 1. The molecule has 0 radical (unpaired) electrons. The highest BCUT2D eigenvalue weighted by molar-refractivity contribution is 6.29. The highest BCUT2D eigenvalue weighted by Crippen LogP contribution is 2.28. The molecule has 1 amide bonds. The molecule has 3 rings (SSSR count). The molecule has 0 aliphatic heterocycles. The molecule has 0 aliphatic rings. The first-order chi connectivity index (χ1) is 16.0. The zero-order valence-electron chi connectivity index (χ0n) is 19.4. The van der Waals surface area contributed by atoms with Gasteiger partial charge in [0.1, 0.15) is 22.8 Å². The number of alkyl halides is 3. The van der Waals surface area contributed by atoms with Gasteiger partial charge in [0.2, 0.25) is 0 Å². The van der Waals surface area contributed by atoms with Crippen molar-refractivity contribution in [3.05, 3.63) is 70.3 Å². The Kier molecular flexibility index (Phi) is 9.26. The van der Waals surface area contributed by atoms with E-state index in [0.29, 0.717) is 17.1 Å². The van der Waals surface area contributed by atoms with E-state index in [9.17, 15) is 18.0 Å². The Morgan fingerprint density at radius 1 is 1.24 bits per heavy atom. The molecule has 182 valence electrons. The van der Waals surface area contributed by atoms with E-state index >= 15 is 0 Å². The first-order valence-corrected chi connectivity index (χ1v) is 10.7. The maximum atomic E-state index is 12.7. The van der Waals surface area contributed by atoms with Crippen LogP contribution in [-0.4, -0.2) is 34.0 Å². The number of nitrogens with one attached hydrogen (secondary N) is 2. The third-order valence-electron chi connectivity index (χ3n) is 4.63. The van der Waals surface area contributed by atoms with Crippen LogP contribution in [0.25, 0.3) is 17.1 Å². The number of hydrogen-bond acceptors (Lipinski definition) is 4. The first kappa shape index (κ1) is 26.9. The Labute approximate surface area is 200 Å². The number of aryl methyl sites for hydroxylation is 1. The van der Waals surface area contributed by atoms with Crippen LogP contribution >= 0.6 is 11.6 Å². The fourth-order valence-electron chi connectivity index (χ4n) is 2.80. The number of halogens is 4. The largest absolute Gasteiger partial charge is 0.494 e. The number of carbonyl (C=O) groups is 1. The number of hydrogen-bond donors (Lipinski definition) is 2. The number of rotatable bonds is 5. The summed E-state index contributed by atoms with van der Waals surface area (Å²) in [5, 5.41) is 3.56. The lowest BCUT2D eigenvalue weighted by molar-refractivity contribution is -0.141. The lowest BCUT2D eigenvalue weighted by Crippen LogP contribution is -2.31. The van der Waals surface area contributed by atoms with Crippen molar-refractivity contribution in [1.82, 2.24) is 20.3 Å². The molecule has 1 atom stereocenters. The molecule has 6 nitrogen and oxygen atoms in total. The molecule has 0 aliphatic carbocycles. The normalized spacial score (nSPS) is 12.9. The molecule has 1 aromatic carbocycles. The van der Waals surface area contributed by atoms with Gasteiger partial charge in [-0.3, -0.25) is 4.79 Å². The molecule has 0 bridgehead atoms.